The Morgan fingerprint density at radius 3 is 2.50 bits per heavy atom. The number of nitrogens with zero attached hydrogens (tertiary/aromatic N) is 1. The number of hydrogen-bond donors (Lipinski definition) is 1. The molecule has 0 amide bonds. The first-order chi connectivity index (χ1) is 10.4. The molecule has 1 aromatic heterocycles. The summed E-state index contributed by atoms with van der Waals surface area (Å²) in [6.45, 7) is 1.99. The Bertz CT molecular complexity index is 930. The second kappa shape index (κ2) is 5.40. The zero-order valence-corrected chi connectivity index (χ0v) is 12.7. The van der Waals surface area contributed by atoms with Gasteiger partial charge < -0.3 is 4.52 Å². The first-order valence-corrected chi connectivity index (χ1v) is 8.14. The summed E-state index contributed by atoms with van der Waals surface area (Å²) in [7, 11) is -3.75. The average Bonchev–Trinajstić information content (AvgIpc) is 2.96. The van der Waals surface area contributed by atoms with Gasteiger partial charge in [-0.25, -0.2) is 13.6 Å². The van der Waals surface area contributed by atoms with Crippen molar-refractivity contribution in [2.45, 2.75) is 11.8 Å². The quantitative estimate of drug-likeness (QED) is 0.805. The highest BCUT2D eigenvalue weighted by molar-refractivity contribution is 7.89. The van der Waals surface area contributed by atoms with E-state index in [-0.39, 0.29) is 4.90 Å². The van der Waals surface area contributed by atoms with Crippen LogP contribution in [0.1, 0.15) is 5.56 Å². The van der Waals surface area contributed by atoms with Gasteiger partial charge in [-0.15, -0.1) is 0 Å². The van der Waals surface area contributed by atoms with E-state index in [0.29, 0.717) is 11.3 Å². The van der Waals surface area contributed by atoms with Crippen molar-refractivity contribution in [3.63, 3.8) is 0 Å². The van der Waals surface area contributed by atoms with E-state index in [0.717, 1.165) is 16.7 Å². The molecule has 3 rings (SSSR count). The van der Waals surface area contributed by atoms with E-state index in [1.807, 2.05) is 31.2 Å². The van der Waals surface area contributed by atoms with Gasteiger partial charge in [-0.3, -0.25) is 0 Å². The van der Waals surface area contributed by atoms with E-state index in [1.165, 1.54) is 18.4 Å². The highest BCUT2D eigenvalue weighted by atomic mass is 32.2. The largest absolute Gasteiger partial charge is 0.363 e. The normalized spacial score (nSPS) is 11.5. The number of primary sulfonamides is 1. The molecule has 0 unspecified atom stereocenters. The molecule has 2 aromatic carbocycles. The molecule has 0 radical (unpaired) electrons. The van der Waals surface area contributed by atoms with Gasteiger partial charge in [-0.1, -0.05) is 41.1 Å². The monoisotopic (exact) mass is 314 g/mol. The minimum Gasteiger partial charge on any atom is -0.363 e. The van der Waals surface area contributed by atoms with E-state index >= 15 is 0 Å². The van der Waals surface area contributed by atoms with Crippen LogP contribution in [0.15, 0.2) is 64.2 Å². The molecule has 1 heterocycles. The van der Waals surface area contributed by atoms with Crippen LogP contribution in [0.2, 0.25) is 0 Å². The van der Waals surface area contributed by atoms with Crippen LogP contribution in [0, 0.1) is 6.92 Å². The van der Waals surface area contributed by atoms with E-state index < -0.39 is 10.0 Å². The van der Waals surface area contributed by atoms with E-state index in [2.05, 4.69) is 5.16 Å². The summed E-state index contributed by atoms with van der Waals surface area (Å²) in [5, 5.41) is 9.22. The molecular formula is C16H14N2O3S. The van der Waals surface area contributed by atoms with Gasteiger partial charge in [0.15, 0.2) is 0 Å². The Labute approximate surface area is 128 Å². The van der Waals surface area contributed by atoms with Gasteiger partial charge in [-0.2, -0.15) is 0 Å². The molecule has 0 bridgehead atoms. The van der Waals surface area contributed by atoms with E-state index in [4.69, 9.17) is 9.66 Å². The predicted octanol–water partition coefficient (Wildman–Crippen LogP) is 2.96. The highest BCUT2D eigenvalue weighted by Gasteiger charge is 2.15. The molecule has 2 N–H and O–H groups in total. The predicted molar refractivity (Wildman–Crippen MR) is 83.5 cm³/mol. The lowest BCUT2D eigenvalue weighted by Gasteiger charge is -2.04. The number of aromatic nitrogens is 1. The second-order valence-electron chi connectivity index (χ2n) is 5.02. The number of sulfonamides is 1. The van der Waals surface area contributed by atoms with Crippen LogP contribution >= 0.6 is 0 Å². The molecule has 0 atom stereocenters. The maximum atomic E-state index is 11.5. The van der Waals surface area contributed by atoms with Crippen LogP contribution < -0.4 is 5.14 Å². The molecule has 0 aliphatic carbocycles. The Balaban J connectivity index is 2.14. The lowest BCUT2D eigenvalue weighted by Crippen LogP contribution is -2.11. The summed E-state index contributed by atoms with van der Waals surface area (Å²) in [4.78, 5) is 0.0568. The third-order valence-corrected chi connectivity index (χ3v) is 4.25. The summed E-state index contributed by atoms with van der Waals surface area (Å²) < 4.78 is 28.1. The van der Waals surface area contributed by atoms with Crippen molar-refractivity contribution in [1.29, 1.82) is 0 Å². The van der Waals surface area contributed by atoms with Gasteiger partial charge in [0, 0.05) is 11.1 Å². The number of benzene rings is 2. The summed E-state index contributed by atoms with van der Waals surface area (Å²) in [6, 6.07) is 14.2. The van der Waals surface area contributed by atoms with Gasteiger partial charge in [0.25, 0.3) is 0 Å². The third-order valence-electron chi connectivity index (χ3n) is 3.33. The maximum absolute atomic E-state index is 11.5. The Hall–Kier alpha value is -2.44. The number of nitrogens with two attached hydrogens (primary N) is 1. The highest BCUT2D eigenvalue weighted by Crippen LogP contribution is 2.32. The van der Waals surface area contributed by atoms with Crippen molar-refractivity contribution in [1.82, 2.24) is 5.16 Å². The van der Waals surface area contributed by atoms with Crippen molar-refractivity contribution in [2.24, 2.45) is 5.14 Å². The van der Waals surface area contributed by atoms with Crippen LogP contribution in [0.5, 0.6) is 0 Å². The van der Waals surface area contributed by atoms with Crippen LogP contribution in [0.4, 0.5) is 0 Å². The smallest absolute Gasteiger partial charge is 0.238 e. The molecule has 0 spiro atoms. The van der Waals surface area contributed by atoms with Crippen molar-refractivity contribution < 1.29 is 12.9 Å². The summed E-state index contributed by atoms with van der Waals surface area (Å²) in [5.41, 5.74) is 4.07. The van der Waals surface area contributed by atoms with Crippen LogP contribution in [0.25, 0.3) is 22.4 Å². The fraction of sp³-hybridized carbons (Fsp3) is 0.0625. The van der Waals surface area contributed by atoms with Crippen molar-refractivity contribution in [3.8, 4) is 22.4 Å². The van der Waals surface area contributed by atoms with Crippen molar-refractivity contribution >= 4 is 10.0 Å². The summed E-state index contributed by atoms with van der Waals surface area (Å²) >= 11 is 0. The van der Waals surface area contributed by atoms with Gasteiger partial charge in [0.05, 0.1) is 4.90 Å². The van der Waals surface area contributed by atoms with Crippen LogP contribution in [-0.4, -0.2) is 13.6 Å². The summed E-state index contributed by atoms with van der Waals surface area (Å²) in [5.74, 6) is 0. The molecule has 6 heteroatoms. The standard InChI is InChI=1S/C16H14N2O3S/c1-11-4-2-6-13(8-11)16-15(10-21-18-16)12-5-3-7-14(9-12)22(17,19)20/h2-10H,1H3,(H2,17,19,20). The van der Waals surface area contributed by atoms with Gasteiger partial charge in [0.1, 0.15) is 12.0 Å². The first kappa shape index (κ1) is 14.5. The zero-order valence-electron chi connectivity index (χ0n) is 11.9. The Morgan fingerprint density at radius 1 is 1.05 bits per heavy atom. The fourth-order valence-electron chi connectivity index (χ4n) is 2.28. The molecule has 0 fully saturated rings. The molecular weight excluding hydrogens is 300 g/mol. The van der Waals surface area contributed by atoms with Crippen molar-refractivity contribution in [2.75, 3.05) is 0 Å². The molecule has 3 aromatic rings. The van der Waals surface area contributed by atoms with Gasteiger partial charge in [-0.05, 0) is 30.7 Å². The molecule has 0 aliphatic heterocycles. The second-order valence-corrected chi connectivity index (χ2v) is 6.58. The van der Waals surface area contributed by atoms with Crippen LogP contribution in [-0.2, 0) is 10.0 Å². The minimum absolute atomic E-state index is 0.0568. The Kier molecular flexibility index (Phi) is 3.56. The fourth-order valence-corrected chi connectivity index (χ4v) is 2.84. The molecule has 0 aliphatic rings. The molecule has 112 valence electrons. The Morgan fingerprint density at radius 2 is 1.77 bits per heavy atom. The third kappa shape index (κ3) is 2.79. The molecule has 0 saturated heterocycles. The number of aryl methyl sites for hydroxylation is 1. The van der Waals surface area contributed by atoms with Crippen LogP contribution in [0.3, 0.4) is 0 Å². The SMILES string of the molecule is Cc1cccc(-c2nocc2-c2cccc(S(N)(=O)=O)c2)c1. The topological polar surface area (TPSA) is 86.2 Å². The first-order valence-electron chi connectivity index (χ1n) is 6.60. The number of hydrogen-bond acceptors (Lipinski definition) is 4. The summed E-state index contributed by atoms with van der Waals surface area (Å²) in [6.07, 6.45) is 1.50. The van der Waals surface area contributed by atoms with E-state index in [9.17, 15) is 8.42 Å². The van der Waals surface area contributed by atoms with E-state index in [1.54, 1.807) is 12.1 Å². The molecule has 5 nitrogen and oxygen atoms in total. The minimum atomic E-state index is -3.75. The van der Waals surface area contributed by atoms with Gasteiger partial charge in [0.2, 0.25) is 10.0 Å². The number of rotatable bonds is 3. The lowest BCUT2D eigenvalue weighted by molar-refractivity contribution is 0.422. The average molecular weight is 314 g/mol. The molecule has 0 saturated carbocycles. The maximum Gasteiger partial charge on any atom is 0.238 e. The zero-order chi connectivity index (χ0) is 15.7. The van der Waals surface area contributed by atoms with Crippen molar-refractivity contribution in [3.05, 3.63) is 60.4 Å². The van der Waals surface area contributed by atoms with Gasteiger partial charge >= 0.3 is 0 Å². The molecule has 22 heavy (non-hydrogen) atoms. The lowest BCUT2D eigenvalue weighted by atomic mass is 10.0.